The molecule has 0 amide bonds. The van der Waals surface area contributed by atoms with E-state index < -0.39 is 0 Å². The highest BCUT2D eigenvalue weighted by molar-refractivity contribution is 9.09. The molecule has 0 saturated heterocycles. The zero-order chi connectivity index (χ0) is 13.8. The Morgan fingerprint density at radius 3 is 2.53 bits per heavy atom. The van der Waals surface area contributed by atoms with Crippen LogP contribution in [0.1, 0.15) is 22.6 Å². The molecular formula is C16H15BrF2. The maximum Gasteiger partial charge on any atom is 0.126 e. The average molecular weight is 325 g/mol. The summed E-state index contributed by atoms with van der Waals surface area (Å²) in [5, 5.41) is 0.643. The largest absolute Gasteiger partial charge is 0.207 e. The Balaban J connectivity index is 2.29. The van der Waals surface area contributed by atoms with Gasteiger partial charge >= 0.3 is 0 Å². The van der Waals surface area contributed by atoms with Crippen LogP contribution in [0.5, 0.6) is 0 Å². The van der Waals surface area contributed by atoms with E-state index in [1.165, 1.54) is 18.2 Å². The van der Waals surface area contributed by atoms with E-state index in [1.807, 2.05) is 13.0 Å². The fourth-order valence-corrected chi connectivity index (χ4v) is 2.76. The number of hydrogen-bond acceptors (Lipinski definition) is 0. The van der Waals surface area contributed by atoms with Gasteiger partial charge in [0, 0.05) is 11.2 Å². The summed E-state index contributed by atoms with van der Waals surface area (Å²) in [4.78, 5) is 0. The first-order valence-corrected chi connectivity index (χ1v) is 7.29. The zero-order valence-corrected chi connectivity index (χ0v) is 12.3. The summed E-state index contributed by atoms with van der Waals surface area (Å²) < 4.78 is 27.1. The fourth-order valence-electron chi connectivity index (χ4n) is 2.18. The minimum atomic E-state index is -0.248. The van der Waals surface area contributed by atoms with Crippen molar-refractivity contribution in [3.05, 3.63) is 70.8 Å². The molecule has 0 saturated carbocycles. The van der Waals surface area contributed by atoms with E-state index in [1.54, 1.807) is 18.2 Å². The number of halogens is 3. The fraction of sp³-hybridized carbons (Fsp3) is 0.250. The molecule has 2 rings (SSSR count). The lowest BCUT2D eigenvalue weighted by molar-refractivity contribution is 0.588. The van der Waals surface area contributed by atoms with Gasteiger partial charge in [-0.05, 0) is 48.2 Å². The van der Waals surface area contributed by atoms with E-state index in [9.17, 15) is 8.78 Å². The standard InChI is InChI=1S/C16H15BrF2/c1-11-6-7-14(18)9-12(11)8-13(10-17)15-4-2-3-5-16(15)19/h2-7,9,13H,8,10H2,1H3. The molecule has 1 atom stereocenters. The molecule has 100 valence electrons. The monoisotopic (exact) mass is 324 g/mol. The van der Waals surface area contributed by atoms with Gasteiger partial charge in [-0.25, -0.2) is 8.78 Å². The van der Waals surface area contributed by atoms with Crippen LogP contribution in [0, 0.1) is 18.6 Å². The first kappa shape index (κ1) is 14.2. The molecule has 0 radical (unpaired) electrons. The highest BCUT2D eigenvalue weighted by Crippen LogP contribution is 2.26. The van der Waals surface area contributed by atoms with E-state index in [4.69, 9.17) is 0 Å². The predicted octanol–water partition coefficient (Wildman–Crippen LogP) is 4.99. The summed E-state index contributed by atoms with van der Waals surface area (Å²) in [6.45, 7) is 1.95. The maximum absolute atomic E-state index is 13.8. The summed E-state index contributed by atoms with van der Waals surface area (Å²) in [6.07, 6.45) is 0.621. The molecule has 0 aliphatic carbocycles. The lowest BCUT2D eigenvalue weighted by Crippen LogP contribution is -2.08. The van der Waals surface area contributed by atoms with E-state index in [0.717, 1.165) is 11.1 Å². The number of alkyl halides is 1. The normalized spacial score (nSPS) is 12.4. The molecule has 19 heavy (non-hydrogen) atoms. The van der Waals surface area contributed by atoms with Gasteiger partial charge in [-0.15, -0.1) is 0 Å². The lowest BCUT2D eigenvalue weighted by atomic mass is 9.91. The zero-order valence-electron chi connectivity index (χ0n) is 10.7. The first-order valence-electron chi connectivity index (χ1n) is 6.17. The average Bonchev–Trinajstić information content (AvgIpc) is 2.41. The van der Waals surface area contributed by atoms with Crippen LogP contribution in [0.4, 0.5) is 8.78 Å². The minimum Gasteiger partial charge on any atom is -0.207 e. The second kappa shape index (κ2) is 6.29. The van der Waals surface area contributed by atoms with Gasteiger partial charge in [-0.3, -0.25) is 0 Å². The summed E-state index contributed by atoms with van der Waals surface area (Å²) in [5.41, 5.74) is 2.62. The van der Waals surface area contributed by atoms with Gasteiger partial charge in [-0.2, -0.15) is 0 Å². The molecule has 0 aliphatic heterocycles. The number of aryl methyl sites for hydroxylation is 1. The quantitative estimate of drug-likeness (QED) is 0.695. The third-order valence-electron chi connectivity index (χ3n) is 3.31. The van der Waals surface area contributed by atoms with Crippen LogP contribution >= 0.6 is 15.9 Å². The minimum absolute atomic E-state index is 0.00157. The third-order valence-corrected chi connectivity index (χ3v) is 4.09. The number of rotatable bonds is 4. The van der Waals surface area contributed by atoms with Crippen LogP contribution in [0.15, 0.2) is 42.5 Å². The molecule has 0 aromatic heterocycles. The second-order valence-corrected chi connectivity index (χ2v) is 5.30. The Hall–Kier alpha value is -1.22. The van der Waals surface area contributed by atoms with Crippen molar-refractivity contribution in [2.45, 2.75) is 19.3 Å². The van der Waals surface area contributed by atoms with Crippen molar-refractivity contribution in [3.63, 3.8) is 0 Å². The van der Waals surface area contributed by atoms with Gasteiger partial charge < -0.3 is 0 Å². The molecule has 1 unspecified atom stereocenters. The van der Waals surface area contributed by atoms with E-state index in [0.29, 0.717) is 17.3 Å². The second-order valence-electron chi connectivity index (χ2n) is 4.65. The summed E-state index contributed by atoms with van der Waals surface area (Å²) in [5.74, 6) is -0.454. The molecule has 0 fully saturated rings. The van der Waals surface area contributed by atoms with Gasteiger partial charge in [0.15, 0.2) is 0 Å². The lowest BCUT2D eigenvalue weighted by Gasteiger charge is -2.17. The van der Waals surface area contributed by atoms with Gasteiger partial charge in [-0.1, -0.05) is 40.2 Å². The van der Waals surface area contributed by atoms with Crippen molar-refractivity contribution in [2.24, 2.45) is 0 Å². The number of benzene rings is 2. The van der Waals surface area contributed by atoms with Crippen LogP contribution in [-0.2, 0) is 6.42 Å². The summed E-state index contributed by atoms with van der Waals surface area (Å²) in [7, 11) is 0. The Kier molecular flexibility index (Phi) is 4.70. The van der Waals surface area contributed by atoms with E-state index in [-0.39, 0.29) is 17.6 Å². The maximum atomic E-state index is 13.8. The third kappa shape index (κ3) is 3.41. The first-order chi connectivity index (χ1) is 9.11. The molecule has 3 heteroatoms. The molecule has 0 spiro atoms. The molecule has 2 aromatic carbocycles. The molecule has 0 bridgehead atoms. The summed E-state index contributed by atoms with van der Waals surface area (Å²) >= 11 is 3.43. The van der Waals surface area contributed by atoms with Crippen molar-refractivity contribution in [2.75, 3.05) is 5.33 Å². The molecule has 0 heterocycles. The van der Waals surface area contributed by atoms with Gasteiger partial charge in [0.25, 0.3) is 0 Å². The molecule has 0 nitrogen and oxygen atoms in total. The van der Waals surface area contributed by atoms with Crippen molar-refractivity contribution < 1.29 is 8.78 Å². The SMILES string of the molecule is Cc1ccc(F)cc1CC(CBr)c1ccccc1F. The van der Waals surface area contributed by atoms with Crippen molar-refractivity contribution in [1.29, 1.82) is 0 Å². The van der Waals surface area contributed by atoms with Gasteiger partial charge in [0.1, 0.15) is 11.6 Å². The van der Waals surface area contributed by atoms with Gasteiger partial charge in [0.2, 0.25) is 0 Å². The molecular weight excluding hydrogens is 310 g/mol. The molecule has 0 aliphatic rings. The highest BCUT2D eigenvalue weighted by atomic mass is 79.9. The molecule has 0 N–H and O–H groups in total. The topological polar surface area (TPSA) is 0 Å². The summed E-state index contributed by atoms with van der Waals surface area (Å²) in [6, 6.07) is 11.5. The Labute approximate surface area is 120 Å². The van der Waals surface area contributed by atoms with Crippen LogP contribution in [0.25, 0.3) is 0 Å². The van der Waals surface area contributed by atoms with Crippen molar-refractivity contribution in [3.8, 4) is 0 Å². The van der Waals surface area contributed by atoms with Gasteiger partial charge in [0.05, 0.1) is 0 Å². The smallest absolute Gasteiger partial charge is 0.126 e. The van der Waals surface area contributed by atoms with Crippen molar-refractivity contribution in [1.82, 2.24) is 0 Å². The number of hydrogen-bond donors (Lipinski definition) is 0. The van der Waals surface area contributed by atoms with Crippen LogP contribution in [0.2, 0.25) is 0 Å². The Morgan fingerprint density at radius 2 is 1.84 bits per heavy atom. The van der Waals surface area contributed by atoms with Crippen LogP contribution in [-0.4, -0.2) is 5.33 Å². The van der Waals surface area contributed by atoms with E-state index in [2.05, 4.69) is 15.9 Å². The Morgan fingerprint density at radius 1 is 1.11 bits per heavy atom. The molecule has 2 aromatic rings. The Bertz CT molecular complexity index is 566. The van der Waals surface area contributed by atoms with Crippen molar-refractivity contribution >= 4 is 15.9 Å². The van der Waals surface area contributed by atoms with Crippen LogP contribution in [0.3, 0.4) is 0 Å². The van der Waals surface area contributed by atoms with Crippen LogP contribution < -0.4 is 0 Å². The highest BCUT2D eigenvalue weighted by Gasteiger charge is 2.16. The van der Waals surface area contributed by atoms with E-state index >= 15 is 0 Å². The predicted molar refractivity (Wildman–Crippen MR) is 77.8 cm³/mol.